The highest BCUT2D eigenvalue weighted by Crippen LogP contribution is 2.33. The van der Waals surface area contributed by atoms with E-state index in [0.29, 0.717) is 34.6 Å². The van der Waals surface area contributed by atoms with Gasteiger partial charge in [0.05, 0.1) is 5.51 Å². The molecule has 8 heteroatoms. The molecular weight excluding hydrogens is 448 g/mol. The average molecular weight is 473 g/mol. The molecule has 0 spiro atoms. The van der Waals surface area contributed by atoms with Crippen molar-refractivity contribution in [2.75, 3.05) is 26.2 Å². The minimum Gasteiger partial charge on any atom is -0.436 e. The molecule has 0 atom stereocenters. The highest BCUT2D eigenvalue weighted by Gasteiger charge is 2.38. The molecule has 0 unspecified atom stereocenters. The Hall–Kier alpha value is -3.52. The van der Waals surface area contributed by atoms with Crippen LogP contribution in [0.1, 0.15) is 33.7 Å². The zero-order chi connectivity index (χ0) is 23.1. The van der Waals surface area contributed by atoms with Gasteiger partial charge in [0.25, 0.3) is 11.8 Å². The van der Waals surface area contributed by atoms with E-state index in [1.54, 1.807) is 11.6 Å². The summed E-state index contributed by atoms with van der Waals surface area (Å²) in [5.41, 5.74) is 5.16. The van der Waals surface area contributed by atoms with Crippen LogP contribution in [-0.2, 0) is 0 Å². The van der Waals surface area contributed by atoms with Crippen molar-refractivity contribution in [3.63, 3.8) is 0 Å². The van der Waals surface area contributed by atoms with Crippen LogP contribution in [0.5, 0.6) is 0 Å². The van der Waals surface area contributed by atoms with Gasteiger partial charge in [0.15, 0.2) is 5.58 Å². The molecule has 0 saturated carbocycles. The second-order valence-electron chi connectivity index (χ2n) is 9.04. The van der Waals surface area contributed by atoms with Gasteiger partial charge in [0.2, 0.25) is 5.89 Å². The summed E-state index contributed by atoms with van der Waals surface area (Å²) in [6.45, 7) is 3.06. The second-order valence-corrected chi connectivity index (χ2v) is 9.76. The van der Waals surface area contributed by atoms with Crippen molar-refractivity contribution >= 4 is 34.3 Å². The van der Waals surface area contributed by atoms with Gasteiger partial charge in [0.1, 0.15) is 11.2 Å². The van der Waals surface area contributed by atoms with Crippen LogP contribution >= 0.6 is 11.3 Å². The molecule has 4 aromatic rings. The predicted octanol–water partition coefficient (Wildman–Crippen LogP) is 4.58. The van der Waals surface area contributed by atoms with Crippen LogP contribution in [0.4, 0.5) is 0 Å². The Kier molecular flexibility index (Phi) is 5.37. The quantitative estimate of drug-likeness (QED) is 0.435. The Labute approximate surface area is 201 Å². The van der Waals surface area contributed by atoms with Crippen LogP contribution in [0.15, 0.2) is 63.8 Å². The van der Waals surface area contributed by atoms with E-state index in [4.69, 9.17) is 4.42 Å². The number of rotatable bonds is 4. The third-order valence-corrected chi connectivity index (χ3v) is 7.58. The number of benzene rings is 2. The van der Waals surface area contributed by atoms with Crippen molar-refractivity contribution in [1.82, 2.24) is 19.8 Å². The fraction of sp³-hybridized carbons (Fsp3) is 0.308. The smallest absolute Gasteiger partial charge is 0.273 e. The topological polar surface area (TPSA) is 79.5 Å². The number of carbonyl (C=O) groups is 2. The Bertz CT molecular complexity index is 1320. The number of nitrogens with zero attached hydrogens (tertiary/aromatic N) is 4. The summed E-state index contributed by atoms with van der Waals surface area (Å²) in [5, 5.41) is 1.81. The van der Waals surface area contributed by atoms with E-state index in [1.165, 1.54) is 11.3 Å². The Morgan fingerprint density at radius 3 is 2.47 bits per heavy atom. The minimum absolute atomic E-state index is 0.0309. The third-order valence-electron chi connectivity index (χ3n) is 7.00. The van der Waals surface area contributed by atoms with Crippen LogP contribution < -0.4 is 0 Å². The SMILES string of the molecule is O=C(c1ccc2nc(-c3ccccc3)oc2c1)N1CC(C2CCN(C(=O)c3cscn3)CC2)C1. The van der Waals surface area contributed by atoms with Crippen LogP contribution in [0.3, 0.4) is 0 Å². The fourth-order valence-corrected chi connectivity index (χ4v) is 5.50. The van der Waals surface area contributed by atoms with Gasteiger partial charge < -0.3 is 14.2 Å². The molecule has 2 aromatic carbocycles. The largest absolute Gasteiger partial charge is 0.436 e. The number of thiazole rings is 1. The van der Waals surface area contributed by atoms with Gasteiger partial charge >= 0.3 is 0 Å². The van der Waals surface area contributed by atoms with Gasteiger partial charge in [-0.1, -0.05) is 18.2 Å². The average Bonchev–Trinajstić information content (AvgIpc) is 3.53. The third kappa shape index (κ3) is 3.88. The van der Waals surface area contributed by atoms with Gasteiger partial charge in [-0.05, 0) is 55.0 Å². The van der Waals surface area contributed by atoms with Crippen LogP contribution in [-0.4, -0.2) is 57.8 Å². The number of aromatic nitrogens is 2. The highest BCUT2D eigenvalue weighted by atomic mass is 32.1. The number of likely N-dealkylation sites (tertiary alicyclic amines) is 2. The Morgan fingerprint density at radius 1 is 0.941 bits per heavy atom. The molecule has 2 saturated heterocycles. The molecule has 2 aliphatic heterocycles. The lowest BCUT2D eigenvalue weighted by Gasteiger charge is -2.46. The lowest BCUT2D eigenvalue weighted by atomic mass is 9.79. The summed E-state index contributed by atoms with van der Waals surface area (Å²) < 4.78 is 5.93. The van der Waals surface area contributed by atoms with E-state index in [0.717, 1.165) is 50.1 Å². The van der Waals surface area contributed by atoms with Gasteiger partial charge in [-0.25, -0.2) is 9.97 Å². The van der Waals surface area contributed by atoms with E-state index >= 15 is 0 Å². The molecule has 0 bridgehead atoms. The molecule has 7 nitrogen and oxygen atoms in total. The summed E-state index contributed by atoms with van der Waals surface area (Å²) in [6.07, 6.45) is 1.96. The van der Waals surface area contributed by atoms with Crippen LogP contribution in [0.25, 0.3) is 22.6 Å². The molecule has 34 heavy (non-hydrogen) atoms. The van der Waals surface area contributed by atoms with Crippen molar-refractivity contribution in [2.24, 2.45) is 11.8 Å². The summed E-state index contributed by atoms with van der Waals surface area (Å²) in [4.78, 5) is 38.1. The molecule has 0 radical (unpaired) electrons. The monoisotopic (exact) mass is 472 g/mol. The van der Waals surface area contributed by atoms with Gasteiger partial charge in [-0.15, -0.1) is 11.3 Å². The predicted molar refractivity (Wildman–Crippen MR) is 130 cm³/mol. The van der Waals surface area contributed by atoms with Crippen LogP contribution in [0.2, 0.25) is 0 Å². The van der Waals surface area contributed by atoms with Crippen molar-refractivity contribution in [3.8, 4) is 11.5 Å². The zero-order valence-corrected chi connectivity index (χ0v) is 19.4. The zero-order valence-electron chi connectivity index (χ0n) is 18.6. The molecule has 172 valence electrons. The van der Waals surface area contributed by atoms with Crippen LogP contribution in [0, 0.1) is 11.8 Å². The fourth-order valence-electron chi connectivity index (χ4n) is 4.98. The normalized spacial score (nSPS) is 17.2. The maximum atomic E-state index is 13.1. The molecule has 4 heterocycles. The minimum atomic E-state index is 0.0309. The summed E-state index contributed by atoms with van der Waals surface area (Å²) in [7, 11) is 0. The van der Waals surface area contributed by atoms with Crippen molar-refractivity contribution in [2.45, 2.75) is 12.8 Å². The molecule has 6 rings (SSSR count). The molecule has 2 fully saturated rings. The first kappa shape index (κ1) is 21.0. The molecule has 0 aliphatic carbocycles. The van der Waals surface area contributed by atoms with E-state index < -0.39 is 0 Å². The maximum absolute atomic E-state index is 13.1. The molecule has 2 aromatic heterocycles. The van der Waals surface area contributed by atoms with Crippen molar-refractivity contribution < 1.29 is 14.0 Å². The number of piperidine rings is 1. The van der Waals surface area contributed by atoms with E-state index in [9.17, 15) is 9.59 Å². The first-order valence-electron chi connectivity index (χ1n) is 11.6. The number of fused-ring (bicyclic) bond motifs is 1. The van der Waals surface area contributed by atoms with Gasteiger partial charge in [-0.2, -0.15) is 0 Å². The molecular formula is C26H24N4O3S. The number of amides is 2. The van der Waals surface area contributed by atoms with Crippen molar-refractivity contribution in [3.05, 3.63) is 70.7 Å². The first-order chi connectivity index (χ1) is 16.7. The van der Waals surface area contributed by atoms with Gasteiger partial charge in [-0.3, -0.25) is 9.59 Å². The molecule has 2 aliphatic rings. The first-order valence-corrected chi connectivity index (χ1v) is 12.5. The lowest BCUT2D eigenvalue weighted by molar-refractivity contribution is 0.0227. The Morgan fingerprint density at radius 2 is 1.74 bits per heavy atom. The van der Waals surface area contributed by atoms with E-state index in [2.05, 4.69) is 9.97 Å². The maximum Gasteiger partial charge on any atom is 0.273 e. The second kappa shape index (κ2) is 8.68. The Balaban J connectivity index is 1.06. The van der Waals surface area contributed by atoms with E-state index in [-0.39, 0.29) is 11.8 Å². The summed E-state index contributed by atoms with van der Waals surface area (Å²) in [5.74, 6) is 1.67. The standard InChI is InChI=1S/C26H24N4O3S/c31-25(19-6-7-21-23(12-19)33-24(28-21)18-4-2-1-3-5-18)30-13-20(14-30)17-8-10-29(11-9-17)26(32)22-15-34-16-27-22/h1-7,12,15-17,20H,8-11,13-14H2. The number of oxazole rings is 1. The molecule has 0 N–H and O–H groups in total. The highest BCUT2D eigenvalue weighted by molar-refractivity contribution is 7.07. The summed E-state index contributed by atoms with van der Waals surface area (Å²) in [6, 6.07) is 15.2. The number of carbonyl (C=O) groups excluding carboxylic acids is 2. The summed E-state index contributed by atoms with van der Waals surface area (Å²) >= 11 is 1.45. The number of hydrogen-bond donors (Lipinski definition) is 0. The van der Waals surface area contributed by atoms with E-state index in [1.807, 2.05) is 57.6 Å². The lowest BCUT2D eigenvalue weighted by Crippen LogP contribution is -2.54. The number of hydrogen-bond acceptors (Lipinski definition) is 6. The van der Waals surface area contributed by atoms with Crippen molar-refractivity contribution in [1.29, 1.82) is 0 Å². The van der Waals surface area contributed by atoms with Gasteiger partial charge in [0, 0.05) is 42.7 Å². The molecule has 2 amide bonds.